The number of hydrogen-bond acceptors (Lipinski definition) is 7. The molecule has 0 saturated heterocycles. The highest BCUT2D eigenvalue weighted by molar-refractivity contribution is 7.13. The first kappa shape index (κ1) is 21.5. The van der Waals surface area contributed by atoms with E-state index < -0.39 is 10.8 Å². The Hall–Kier alpha value is -3.17. The maximum atomic E-state index is 12.5. The summed E-state index contributed by atoms with van der Waals surface area (Å²) in [7, 11) is 2.76. The Balaban J connectivity index is 1.68. The molecule has 0 bridgehead atoms. The molecular formula is C20H18ClN3O5S. The van der Waals surface area contributed by atoms with Gasteiger partial charge in [0.1, 0.15) is 10.6 Å². The third-order valence-electron chi connectivity index (χ3n) is 4.25. The first-order valence-corrected chi connectivity index (χ1v) is 10.1. The largest absolute Gasteiger partial charge is 0.493 e. The maximum Gasteiger partial charge on any atom is 0.286 e. The lowest BCUT2D eigenvalue weighted by molar-refractivity contribution is -0.385. The van der Waals surface area contributed by atoms with Crippen LogP contribution in [0, 0.1) is 10.1 Å². The SMILES string of the molecule is COc1cc(C(=O)NCCc2csc(-c3ccc(Cl)cc3)n2)c([N+](=O)[O-])cc1OC. The number of nitrogens with one attached hydrogen (secondary N) is 1. The molecule has 1 heterocycles. The summed E-state index contributed by atoms with van der Waals surface area (Å²) in [6.45, 7) is 0.272. The Morgan fingerprint density at radius 3 is 2.50 bits per heavy atom. The van der Waals surface area contributed by atoms with Gasteiger partial charge in [-0.2, -0.15) is 0 Å². The van der Waals surface area contributed by atoms with Gasteiger partial charge in [0.05, 0.1) is 30.9 Å². The number of ether oxygens (including phenoxy) is 2. The summed E-state index contributed by atoms with van der Waals surface area (Å²) in [4.78, 5) is 27.8. The van der Waals surface area contributed by atoms with E-state index in [9.17, 15) is 14.9 Å². The van der Waals surface area contributed by atoms with Crippen molar-refractivity contribution in [1.29, 1.82) is 0 Å². The molecule has 0 fully saturated rings. The van der Waals surface area contributed by atoms with Crippen LogP contribution in [0.1, 0.15) is 16.1 Å². The zero-order chi connectivity index (χ0) is 21.7. The van der Waals surface area contributed by atoms with E-state index >= 15 is 0 Å². The molecule has 0 atom stereocenters. The summed E-state index contributed by atoms with van der Waals surface area (Å²) in [6.07, 6.45) is 0.483. The van der Waals surface area contributed by atoms with E-state index in [1.165, 1.54) is 37.7 Å². The smallest absolute Gasteiger partial charge is 0.286 e. The van der Waals surface area contributed by atoms with Crippen molar-refractivity contribution < 1.29 is 19.2 Å². The molecule has 156 valence electrons. The fraction of sp³-hybridized carbons (Fsp3) is 0.200. The van der Waals surface area contributed by atoms with E-state index in [0.717, 1.165) is 16.3 Å². The molecule has 3 rings (SSSR count). The van der Waals surface area contributed by atoms with Crippen LogP contribution in [0.3, 0.4) is 0 Å². The molecule has 0 aliphatic carbocycles. The van der Waals surface area contributed by atoms with Crippen molar-refractivity contribution in [3.63, 3.8) is 0 Å². The number of amides is 1. The second kappa shape index (κ2) is 9.55. The average Bonchev–Trinajstić information content (AvgIpc) is 3.21. The van der Waals surface area contributed by atoms with E-state index in [-0.39, 0.29) is 29.3 Å². The molecule has 0 aliphatic rings. The van der Waals surface area contributed by atoms with E-state index in [1.807, 2.05) is 17.5 Å². The van der Waals surface area contributed by atoms with Gasteiger partial charge in [-0.15, -0.1) is 11.3 Å². The van der Waals surface area contributed by atoms with Crippen molar-refractivity contribution in [2.75, 3.05) is 20.8 Å². The summed E-state index contributed by atoms with van der Waals surface area (Å²) in [5.41, 5.74) is 1.31. The molecular weight excluding hydrogens is 430 g/mol. The van der Waals surface area contributed by atoms with Crippen LogP contribution in [0.4, 0.5) is 5.69 Å². The molecule has 0 radical (unpaired) electrons. The Kier molecular flexibility index (Phi) is 6.86. The predicted molar refractivity (Wildman–Crippen MR) is 115 cm³/mol. The number of benzene rings is 2. The maximum absolute atomic E-state index is 12.5. The minimum atomic E-state index is -0.629. The summed E-state index contributed by atoms with van der Waals surface area (Å²) in [6, 6.07) is 9.86. The number of halogens is 1. The van der Waals surface area contributed by atoms with Gasteiger partial charge in [-0.1, -0.05) is 23.7 Å². The van der Waals surface area contributed by atoms with Crippen LogP contribution < -0.4 is 14.8 Å². The van der Waals surface area contributed by atoms with Crippen LogP contribution in [-0.2, 0) is 6.42 Å². The molecule has 0 unspecified atom stereocenters. The fourth-order valence-corrected chi connectivity index (χ4v) is 3.73. The highest BCUT2D eigenvalue weighted by atomic mass is 35.5. The molecule has 3 aromatic rings. The van der Waals surface area contributed by atoms with Crippen molar-refractivity contribution in [2.45, 2.75) is 6.42 Å². The van der Waals surface area contributed by atoms with Crippen LogP contribution in [-0.4, -0.2) is 36.6 Å². The number of carbonyl (C=O) groups is 1. The van der Waals surface area contributed by atoms with Gasteiger partial charge < -0.3 is 14.8 Å². The number of nitrogens with zero attached hydrogens (tertiary/aromatic N) is 2. The van der Waals surface area contributed by atoms with Gasteiger partial charge in [0.2, 0.25) is 0 Å². The lowest BCUT2D eigenvalue weighted by Crippen LogP contribution is -2.26. The van der Waals surface area contributed by atoms with Gasteiger partial charge in [-0.3, -0.25) is 14.9 Å². The Bertz CT molecular complexity index is 1070. The second-order valence-corrected chi connectivity index (χ2v) is 7.43. The van der Waals surface area contributed by atoms with Crippen LogP contribution in [0.15, 0.2) is 41.8 Å². The van der Waals surface area contributed by atoms with Crippen LogP contribution in [0.5, 0.6) is 11.5 Å². The summed E-state index contributed by atoms with van der Waals surface area (Å²) >= 11 is 7.40. The average molecular weight is 448 g/mol. The molecule has 30 heavy (non-hydrogen) atoms. The van der Waals surface area contributed by atoms with Crippen LogP contribution >= 0.6 is 22.9 Å². The number of nitro groups is 1. The number of aromatic nitrogens is 1. The molecule has 8 nitrogen and oxygen atoms in total. The first-order chi connectivity index (χ1) is 14.4. The van der Waals surface area contributed by atoms with Gasteiger partial charge in [0.25, 0.3) is 11.6 Å². The second-order valence-electron chi connectivity index (χ2n) is 6.14. The number of nitro benzene ring substituents is 1. The molecule has 0 saturated carbocycles. The van der Waals surface area contributed by atoms with Gasteiger partial charge >= 0.3 is 0 Å². The Morgan fingerprint density at radius 1 is 1.20 bits per heavy atom. The lowest BCUT2D eigenvalue weighted by atomic mass is 10.1. The molecule has 1 amide bonds. The van der Waals surface area contributed by atoms with Crippen molar-refractivity contribution in [3.8, 4) is 22.1 Å². The van der Waals surface area contributed by atoms with E-state index in [2.05, 4.69) is 10.3 Å². The topological polar surface area (TPSA) is 104 Å². The summed E-state index contributed by atoms with van der Waals surface area (Å²) < 4.78 is 10.2. The van der Waals surface area contributed by atoms with Crippen LogP contribution in [0.25, 0.3) is 10.6 Å². The number of thiazole rings is 1. The minimum absolute atomic E-state index is 0.0993. The molecule has 0 aliphatic heterocycles. The Morgan fingerprint density at radius 2 is 1.87 bits per heavy atom. The number of hydrogen-bond donors (Lipinski definition) is 1. The normalized spacial score (nSPS) is 10.5. The predicted octanol–water partition coefficient (Wildman–Crippen LogP) is 4.36. The molecule has 0 spiro atoms. The highest BCUT2D eigenvalue weighted by Gasteiger charge is 2.24. The zero-order valence-electron chi connectivity index (χ0n) is 16.2. The standard InChI is InChI=1S/C20H18ClN3O5S/c1-28-17-9-15(16(24(26)27)10-18(17)29-2)19(25)22-8-7-14-11-30-20(23-14)12-3-5-13(21)6-4-12/h3-6,9-11H,7-8H2,1-2H3,(H,22,25). The van der Waals surface area contributed by atoms with E-state index in [4.69, 9.17) is 21.1 Å². The lowest BCUT2D eigenvalue weighted by Gasteiger charge is -2.10. The van der Waals surface area contributed by atoms with Crippen LogP contribution in [0.2, 0.25) is 5.02 Å². The Labute approximate surface area is 181 Å². The minimum Gasteiger partial charge on any atom is -0.493 e. The summed E-state index contributed by atoms with van der Waals surface area (Å²) in [5.74, 6) is -0.158. The number of methoxy groups -OCH3 is 2. The first-order valence-electron chi connectivity index (χ1n) is 8.82. The molecule has 1 aromatic heterocycles. The van der Waals surface area contributed by atoms with Crippen molar-refractivity contribution in [2.24, 2.45) is 0 Å². The molecule has 1 N–H and O–H groups in total. The van der Waals surface area contributed by atoms with Crippen molar-refractivity contribution in [1.82, 2.24) is 10.3 Å². The van der Waals surface area contributed by atoms with Gasteiger partial charge in [-0.05, 0) is 12.1 Å². The fourth-order valence-electron chi connectivity index (χ4n) is 2.75. The summed E-state index contributed by atoms with van der Waals surface area (Å²) in [5, 5.41) is 17.5. The van der Waals surface area contributed by atoms with Gasteiger partial charge in [-0.25, -0.2) is 4.98 Å². The third-order valence-corrected chi connectivity index (χ3v) is 5.44. The van der Waals surface area contributed by atoms with E-state index in [1.54, 1.807) is 12.1 Å². The van der Waals surface area contributed by atoms with E-state index in [0.29, 0.717) is 11.4 Å². The quantitative estimate of drug-likeness (QED) is 0.406. The number of carbonyl (C=O) groups excluding carboxylic acids is 1. The molecule has 2 aromatic carbocycles. The van der Waals surface area contributed by atoms with Crippen molar-refractivity contribution in [3.05, 3.63) is 68.2 Å². The zero-order valence-corrected chi connectivity index (χ0v) is 17.7. The number of rotatable bonds is 8. The van der Waals surface area contributed by atoms with Crippen molar-refractivity contribution >= 4 is 34.5 Å². The molecule has 10 heteroatoms. The van der Waals surface area contributed by atoms with Gasteiger partial charge in [0.15, 0.2) is 11.5 Å². The highest BCUT2D eigenvalue weighted by Crippen LogP contribution is 2.34. The monoisotopic (exact) mass is 447 g/mol. The third kappa shape index (κ3) is 4.87. The van der Waals surface area contributed by atoms with Gasteiger partial charge in [0, 0.05) is 35.0 Å².